The van der Waals surface area contributed by atoms with Crippen molar-refractivity contribution in [2.75, 3.05) is 12.4 Å². The minimum atomic E-state index is -0.585. The molecule has 0 radical (unpaired) electrons. The first-order valence-electron chi connectivity index (χ1n) is 8.55. The Morgan fingerprint density at radius 2 is 1.90 bits per heavy atom. The Bertz CT molecular complexity index is 1050. The predicted octanol–water partition coefficient (Wildman–Crippen LogP) is 4.52. The molecule has 0 saturated heterocycles. The normalized spacial score (nSPS) is 10.4. The Kier molecular flexibility index (Phi) is 5.99. The molecule has 0 atom stereocenters. The summed E-state index contributed by atoms with van der Waals surface area (Å²) in [4.78, 5) is 23.2. The number of hydrogen-bond donors (Lipinski definition) is 1. The maximum atomic E-state index is 12.5. The number of methoxy groups -OCH3 is 1. The number of aromatic nitrogens is 2. The third-order valence-electron chi connectivity index (χ3n) is 3.91. The van der Waals surface area contributed by atoms with Gasteiger partial charge in [0.05, 0.1) is 28.8 Å². The molecule has 2 aromatic carbocycles. The summed E-state index contributed by atoms with van der Waals surface area (Å²) >= 11 is 6.04. The zero-order chi connectivity index (χ0) is 21.0. The van der Waals surface area contributed by atoms with Crippen LogP contribution in [0, 0.1) is 10.1 Å². The van der Waals surface area contributed by atoms with E-state index in [1.165, 1.54) is 29.1 Å². The topological polar surface area (TPSA) is 109 Å². The molecule has 1 amide bonds. The summed E-state index contributed by atoms with van der Waals surface area (Å²) in [7, 11) is 1.54. The third-order valence-corrected chi connectivity index (χ3v) is 4.19. The number of aryl methyl sites for hydroxylation is 1. The second-order valence-corrected chi connectivity index (χ2v) is 6.29. The van der Waals surface area contributed by atoms with E-state index >= 15 is 0 Å². The number of hydrogen-bond acceptors (Lipinski definition) is 6. The Morgan fingerprint density at radius 1 is 1.21 bits per heavy atom. The quantitative estimate of drug-likeness (QED) is 0.448. The number of nitro benzene ring substituents is 1. The number of anilines is 1. The van der Waals surface area contributed by atoms with Crippen LogP contribution in [0.4, 0.5) is 11.4 Å². The molecule has 3 rings (SSSR count). The van der Waals surface area contributed by atoms with E-state index in [-0.39, 0.29) is 27.8 Å². The molecular formula is C19H17ClN4O5. The molecule has 0 unspecified atom stereocenters. The van der Waals surface area contributed by atoms with Crippen LogP contribution in [0.5, 0.6) is 17.2 Å². The van der Waals surface area contributed by atoms with E-state index in [4.69, 9.17) is 21.1 Å². The minimum absolute atomic E-state index is 0.0256. The molecule has 1 aromatic heterocycles. The number of nitrogens with zero attached hydrogens (tertiary/aromatic N) is 3. The maximum Gasteiger partial charge on any atom is 0.277 e. The number of halogens is 1. The average molecular weight is 417 g/mol. The highest BCUT2D eigenvalue weighted by molar-refractivity contribution is 6.34. The number of nitro groups is 1. The first-order valence-corrected chi connectivity index (χ1v) is 8.93. The molecular weight excluding hydrogens is 400 g/mol. The fourth-order valence-electron chi connectivity index (χ4n) is 2.50. The zero-order valence-electron chi connectivity index (χ0n) is 15.6. The average Bonchev–Trinajstić information content (AvgIpc) is 3.09. The lowest BCUT2D eigenvalue weighted by molar-refractivity contribution is -0.384. The monoisotopic (exact) mass is 416 g/mol. The molecule has 10 heteroatoms. The second-order valence-electron chi connectivity index (χ2n) is 5.89. The predicted molar refractivity (Wildman–Crippen MR) is 107 cm³/mol. The van der Waals surface area contributed by atoms with Gasteiger partial charge in [-0.2, -0.15) is 5.10 Å². The molecule has 0 aliphatic carbocycles. The first-order chi connectivity index (χ1) is 13.9. The number of rotatable bonds is 7. The Morgan fingerprint density at radius 3 is 2.48 bits per heavy atom. The van der Waals surface area contributed by atoms with Crippen molar-refractivity contribution in [2.45, 2.75) is 13.5 Å². The van der Waals surface area contributed by atoms with Crippen molar-refractivity contribution in [3.05, 3.63) is 69.5 Å². The van der Waals surface area contributed by atoms with Crippen LogP contribution < -0.4 is 14.8 Å². The van der Waals surface area contributed by atoms with Crippen molar-refractivity contribution in [1.29, 1.82) is 0 Å². The molecule has 1 N–H and O–H groups in total. The lowest BCUT2D eigenvalue weighted by Crippen LogP contribution is -2.14. The standard InChI is InChI=1S/C19H17ClN4O5/c1-3-23-11-17(20)18(22-23)19(25)21-12-8-13(24(26)27)10-16(9-12)29-15-6-4-14(28-2)5-7-15/h4-11H,3H2,1-2H3,(H,21,25). The van der Waals surface area contributed by atoms with E-state index in [1.54, 1.807) is 31.4 Å². The smallest absolute Gasteiger partial charge is 0.277 e. The molecule has 150 valence electrons. The van der Waals surface area contributed by atoms with Crippen molar-refractivity contribution in [1.82, 2.24) is 9.78 Å². The fourth-order valence-corrected chi connectivity index (χ4v) is 2.74. The van der Waals surface area contributed by atoms with Gasteiger partial charge < -0.3 is 14.8 Å². The van der Waals surface area contributed by atoms with Crippen LogP contribution >= 0.6 is 11.6 Å². The van der Waals surface area contributed by atoms with Crippen molar-refractivity contribution in [3.63, 3.8) is 0 Å². The molecule has 9 nitrogen and oxygen atoms in total. The molecule has 0 spiro atoms. The number of benzene rings is 2. The number of ether oxygens (including phenoxy) is 2. The molecule has 29 heavy (non-hydrogen) atoms. The van der Waals surface area contributed by atoms with Gasteiger partial charge in [-0.15, -0.1) is 0 Å². The van der Waals surface area contributed by atoms with Gasteiger partial charge in [-0.25, -0.2) is 0 Å². The van der Waals surface area contributed by atoms with Gasteiger partial charge in [0.2, 0.25) is 0 Å². The largest absolute Gasteiger partial charge is 0.497 e. The molecule has 3 aromatic rings. The van der Waals surface area contributed by atoms with E-state index < -0.39 is 10.8 Å². The van der Waals surface area contributed by atoms with E-state index in [9.17, 15) is 14.9 Å². The van der Waals surface area contributed by atoms with E-state index in [0.717, 1.165) is 0 Å². The third kappa shape index (κ3) is 4.82. The van der Waals surface area contributed by atoms with Gasteiger partial charge in [-0.1, -0.05) is 11.6 Å². The number of nitrogens with one attached hydrogen (secondary N) is 1. The van der Waals surface area contributed by atoms with Gasteiger partial charge in [-0.3, -0.25) is 19.6 Å². The summed E-state index contributed by atoms with van der Waals surface area (Å²) in [5.41, 5.74) is -0.0380. The Balaban J connectivity index is 1.86. The second kappa shape index (κ2) is 8.61. The van der Waals surface area contributed by atoms with Crippen molar-refractivity contribution >= 4 is 28.9 Å². The van der Waals surface area contributed by atoms with Crippen LogP contribution in [0.1, 0.15) is 17.4 Å². The first kappa shape index (κ1) is 20.2. The molecule has 0 saturated carbocycles. The lowest BCUT2D eigenvalue weighted by atomic mass is 10.2. The minimum Gasteiger partial charge on any atom is -0.497 e. The van der Waals surface area contributed by atoms with Crippen LogP contribution in [-0.4, -0.2) is 27.7 Å². The Hall–Kier alpha value is -3.59. The summed E-state index contributed by atoms with van der Waals surface area (Å²) in [5.74, 6) is 0.698. The van der Waals surface area contributed by atoms with Crippen molar-refractivity contribution in [2.24, 2.45) is 0 Å². The lowest BCUT2D eigenvalue weighted by Gasteiger charge is -2.09. The highest BCUT2D eigenvalue weighted by atomic mass is 35.5. The van der Waals surface area contributed by atoms with Gasteiger partial charge in [0.1, 0.15) is 17.2 Å². The molecule has 0 aliphatic heterocycles. The number of carbonyl (C=O) groups is 1. The number of amides is 1. The molecule has 1 heterocycles. The fraction of sp³-hybridized carbons (Fsp3) is 0.158. The van der Waals surface area contributed by atoms with E-state index in [0.29, 0.717) is 18.0 Å². The Labute approximate surface area is 171 Å². The SMILES string of the molecule is CCn1cc(Cl)c(C(=O)Nc2cc(Oc3ccc(OC)cc3)cc([N+](=O)[O-])c2)n1. The summed E-state index contributed by atoms with van der Waals surface area (Å²) in [6.45, 7) is 2.40. The summed E-state index contributed by atoms with van der Waals surface area (Å²) in [6.07, 6.45) is 1.53. The molecule has 0 fully saturated rings. The summed E-state index contributed by atoms with van der Waals surface area (Å²) in [5, 5.41) is 18.1. The number of carbonyl (C=O) groups excluding carboxylic acids is 1. The van der Waals surface area contributed by atoms with Crippen LogP contribution in [-0.2, 0) is 6.54 Å². The van der Waals surface area contributed by atoms with E-state index in [2.05, 4.69) is 10.4 Å². The van der Waals surface area contributed by atoms with E-state index in [1.807, 2.05) is 6.92 Å². The molecule has 0 bridgehead atoms. The van der Waals surface area contributed by atoms with Crippen LogP contribution in [0.3, 0.4) is 0 Å². The number of non-ortho nitro benzene ring substituents is 1. The van der Waals surface area contributed by atoms with Crippen LogP contribution in [0.25, 0.3) is 0 Å². The van der Waals surface area contributed by atoms with Crippen LogP contribution in [0.2, 0.25) is 5.02 Å². The zero-order valence-corrected chi connectivity index (χ0v) is 16.3. The highest BCUT2D eigenvalue weighted by Gasteiger charge is 2.18. The van der Waals surface area contributed by atoms with Gasteiger partial charge in [0.15, 0.2) is 5.69 Å². The van der Waals surface area contributed by atoms with Gasteiger partial charge in [-0.05, 0) is 31.2 Å². The van der Waals surface area contributed by atoms with Gasteiger partial charge in [0, 0.05) is 24.9 Å². The van der Waals surface area contributed by atoms with Gasteiger partial charge in [0.25, 0.3) is 11.6 Å². The summed E-state index contributed by atoms with van der Waals surface area (Å²) < 4.78 is 12.3. The highest BCUT2D eigenvalue weighted by Crippen LogP contribution is 2.31. The molecule has 0 aliphatic rings. The van der Waals surface area contributed by atoms with Crippen molar-refractivity contribution in [3.8, 4) is 17.2 Å². The van der Waals surface area contributed by atoms with Gasteiger partial charge >= 0.3 is 0 Å². The van der Waals surface area contributed by atoms with Crippen LogP contribution in [0.15, 0.2) is 48.7 Å². The summed E-state index contributed by atoms with van der Waals surface area (Å²) in [6, 6.07) is 10.7. The maximum absolute atomic E-state index is 12.5. The van der Waals surface area contributed by atoms with Crippen molar-refractivity contribution < 1.29 is 19.2 Å².